The van der Waals surface area contributed by atoms with Crippen molar-refractivity contribution in [1.82, 2.24) is 15.6 Å². The molecular weight excluding hydrogens is 482 g/mol. The fraction of sp³-hybridized carbons (Fsp3) is 0.517. The summed E-state index contributed by atoms with van der Waals surface area (Å²) in [5, 5.41) is 6.22. The lowest BCUT2D eigenvalue weighted by atomic mass is 9.95. The molecule has 1 unspecified atom stereocenters. The van der Waals surface area contributed by atoms with Crippen LogP contribution < -0.4 is 25.2 Å². The van der Waals surface area contributed by atoms with Crippen molar-refractivity contribution >= 4 is 29.3 Å². The Balaban J connectivity index is 1.34. The average molecular weight is 520 g/mol. The van der Waals surface area contributed by atoms with Gasteiger partial charge in [-0.2, -0.15) is 0 Å². The molecule has 2 aliphatic carbocycles. The van der Waals surface area contributed by atoms with Gasteiger partial charge in [0.05, 0.1) is 24.0 Å². The van der Waals surface area contributed by atoms with Gasteiger partial charge >= 0.3 is 6.09 Å². The third-order valence-corrected chi connectivity index (χ3v) is 7.93. The van der Waals surface area contributed by atoms with Crippen LogP contribution in [0.25, 0.3) is 0 Å². The second-order valence-electron chi connectivity index (χ2n) is 10.6. The minimum Gasteiger partial charge on any atom is -0.410 e. The second kappa shape index (κ2) is 11.9. The zero-order valence-corrected chi connectivity index (χ0v) is 22.0. The number of nitrogens with zero attached hydrogens (tertiary/aromatic N) is 3. The third kappa shape index (κ3) is 5.99. The number of rotatable bonds is 7. The molecule has 5 rings (SSSR count). The lowest BCUT2D eigenvalue weighted by Crippen LogP contribution is -2.53. The normalized spacial score (nSPS) is 19.2. The molecule has 0 radical (unpaired) electrons. The number of amides is 3. The van der Waals surface area contributed by atoms with Crippen LogP contribution in [-0.2, 0) is 9.59 Å². The van der Waals surface area contributed by atoms with Gasteiger partial charge in [-0.3, -0.25) is 19.5 Å². The molecule has 38 heavy (non-hydrogen) atoms. The van der Waals surface area contributed by atoms with Crippen molar-refractivity contribution in [3.05, 3.63) is 48.3 Å². The van der Waals surface area contributed by atoms with Crippen molar-refractivity contribution in [3.63, 3.8) is 0 Å². The van der Waals surface area contributed by atoms with E-state index in [1.807, 2.05) is 24.0 Å². The number of nitrogens with one attached hydrogen (secondary N) is 2. The zero-order chi connectivity index (χ0) is 26.5. The predicted octanol–water partition coefficient (Wildman–Crippen LogP) is 4.48. The molecule has 202 valence electrons. The molecular formula is C29H37N5O4. The number of benzene rings is 1. The van der Waals surface area contributed by atoms with E-state index in [1.54, 1.807) is 35.5 Å². The second-order valence-corrected chi connectivity index (χ2v) is 10.6. The lowest BCUT2D eigenvalue weighted by molar-refractivity contribution is -0.122. The number of fused-ring (bicyclic) bond motifs is 1. The highest BCUT2D eigenvalue weighted by molar-refractivity contribution is 6.12. The number of ether oxygens (including phenoxy) is 1. The predicted molar refractivity (Wildman–Crippen MR) is 145 cm³/mol. The van der Waals surface area contributed by atoms with E-state index in [-0.39, 0.29) is 37.0 Å². The molecule has 3 amide bonds. The first-order chi connectivity index (χ1) is 18.5. The van der Waals surface area contributed by atoms with E-state index in [1.165, 1.54) is 19.3 Å². The summed E-state index contributed by atoms with van der Waals surface area (Å²) in [6.45, 7) is 2.02. The van der Waals surface area contributed by atoms with Gasteiger partial charge in [-0.1, -0.05) is 38.2 Å². The first-order valence-corrected chi connectivity index (χ1v) is 13.9. The van der Waals surface area contributed by atoms with E-state index in [9.17, 15) is 14.4 Å². The third-order valence-electron chi connectivity index (χ3n) is 7.93. The van der Waals surface area contributed by atoms with E-state index in [0.717, 1.165) is 44.1 Å². The van der Waals surface area contributed by atoms with Gasteiger partial charge in [0.15, 0.2) is 0 Å². The van der Waals surface area contributed by atoms with E-state index >= 15 is 0 Å². The molecule has 1 aliphatic heterocycles. The van der Waals surface area contributed by atoms with Crippen LogP contribution >= 0.6 is 0 Å². The minimum atomic E-state index is -0.599. The first kappa shape index (κ1) is 26.2. The van der Waals surface area contributed by atoms with Gasteiger partial charge in [-0.15, -0.1) is 0 Å². The number of hydrogen-bond acceptors (Lipinski definition) is 6. The fourth-order valence-electron chi connectivity index (χ4n) is 5.87. The Morgan fingerprint density at radius 2 is 1.82 bits per heavy atom. The van der Waals surface area contributed by atoms with E-state index in [2.05, 4.69) is 15.6 Å². The standard InChI is InChI=1S/C29H37N5O4/c1-20(21-8-7-15-30-17-21)32-29(37)38-24-13-14-25-26(16-24)33(19-28(36)34(25)23-11-5-6-12-23)27(35)18-31-22-9-3-2-4-10-22/h7-8,13-17,20,22-23,31H,2-6,9-12,18-19H2,1H3,(H,32,37). The fourth-order valence-corrected chi connectivity index (χ4v) is 5.87. The zero-order valence-electron chi connectivity index (χ0n) is 22.0. The largest absolute Gasteiger partial charge is 0.413 e. The summed E-state index contributed by atoms with van der Waals surface area (Å²) in [7, 11) is 0. The van der Waals surface area contributed by atoms with Gasteiger partial charge in [-0.25, -0.2) is 4.79 Å². The quantitative estimate of drug-likeness (QED) is 0.559. The molecule has 1 aromatic carbocycles. The van der Waals surface area contributed by atoms with Crippen LogP contribution in [0.4, 0.5) is 16.2 Å². The molecule has 2 heterocycles. The topological polar surface area (TPSA) is 104 Å². The Bertz CT molecular complexity index is 1140. The summed E-state index contributed by atoms with van der Waals surface area (Å²) in [5.74, 6) is 0.105. The molecule has 2 fully saturated rings. The van der Waals surface area contributed by atoms with Crippen molar-refractivity contribution in [3.8, 4) is 5.75 Å². The molecule has 2 saturated carbocycles. The monoisotopic (exact) mass is 519 g/mol. The molecule has 2 N–H and O–H groups in total. The maximum atomic E-state index is 13.4. The number of carbonyl (C=O) groups excluding carboxylic acids is 3. The van der Waals surface area contributed by atoms with Gasteiger partial charge in [0.25, 0.3) is 0 Å². The molecule has 9 nitrogen and oxygen atoms in total. The van der Waals surface area contributed by atoms with Crippen LogP contribution in [0.3, 0.4) is 0 Å². The molecule has 3 aliphatic rings. The highest BCUT2D eigenvalue weighted by Gasteiger charge is 2.37. The molecule has 1 aromatic heterocycles. The highest BCUT2D eigenvalue weighted by Crippen LogP contribution is 2.40. The summed E-state index contributed by atoms with van der Waals surface area (Å²) >= 11 is 0. The Kier molecular flexibility index (Phi) is 8.22. The van der Waals surface area contributed by atoms with Crippen molar-refractivity contribution in [2.75, 3.05) is 22.9 Å². The van der Waals surface area contributed by atoms with Crippen molar-refractivity contribution in [1.29, 1.82) is 0 Å². The SMILES string of the molecule is CC(NC(=O)Oc1ccc2c(c1)N(C(=O)CNC1CCCCC1)CC(=O)N2C1CCCC1)c1cccnc1. The molecule has 2 aromatic rings. The van der Waals surface area contributed by atoms with E-state index in [0.29, 0.717) is 23.2 Å². The number of anilines is 2. The van der Waals surface area contributed by atoms with Crippen LogP contribution in [0.15, 0.2) is 42.7 Å². The Morgan fingerprint density at radius 1 is 1.05 bits per heavy atom. The Labute approximate surface area is 223 Å². The highest BCUT2D eigenvalue weighted by atomic mass is 16.6. The van der Waals surface area contributed by atoms with Crippen LogP contribution in [0.5, 0.6) is 5.75 Å². The first-order valence-electron chi connectivity index (χ1n) is 13.9. The van der Waals surface area contributed by atoms with Crippen molar-refractivity contribution < 1.29 is 19.1 Å². The van der Waals surface area contributed by atoms with Crippen LogP contribution in [-0.4, -0.2) is 48.1 Å². The van der Waals surface area contributed by atoms with Crippen LogP contribution in [0.1, 0.15) is 76.3 Å². The van der Waals surface area contributed by atoms with E-state index in [4.69, 9.17) is 4.74 Å². The average Bonchev–Trinajstić information content (AvgIpc) is 3.47. The van der Waals surface area contributed by atoms with Crippen LogP contribution in [0.2, 0.25) is 0 Å². The number of aromatic nitrogens is 1. The smallest absolute Gasteiger partial charge is 0.410 e. The van der Waals surface area contributed by atoms with Crippen molar-refractivity contribution in [2.45, 2.75) is 82.8 Å². The summed E-state index contributed by atoms with van der Waals surface area (Å²) in [6.07, 6.45) is 12.6. The van der Waals surface area contributed by atoms with Crippen molar-refractivity contribution in [2.24, 2.45) is 0 Å². The van der Waals surface area contributed by atoms with E-state index < -0.39 is 6.09 Å². The molecule has 0 saturated heterocycles. The maximum Gasteiger partial charge on any atom is 0.413 e. The number of carbonyl (C=O) groups is 3. The van der Waals surface area contributed by atoms with Crippen LogP contribution in [0, 0.1) is 0 Å². The Hall–Kier alpha value is -3.46. The molecule has 1 atom stereocenters. The summed E-state index contributed by atoms with van der Waals surface area (Å²) in [6, 6.07) is 9.08. The number of hydrogen-bond donors (Lipinski definition) is 2. The molecule has 0 bridgehead atoms. The summed E-state index contributed by atoms with van der Waals surface area (Å²) in [5.41, 5.74) is 2.18. The maximum absolute atomic E-state index is 13.4. The molecule has 9 heteroatoms. The van der Waals surface area contributed by atoms with Gasteiger partial charge in [0.1, 0.15) is 12.3 Å². The van der Waals surface area contributed by atoms with Gasteiger partial charge in [0, 0.05) is 30.5 Å². The lowest BCUT2D eigenvalue weighted by Gasteiger charge is -2.39. The number of pyridine rings is 1. The minimum absolute atomic E-state index is 0.0115. The molecule has 0 spiro atoms. The van der Waals surface area contributed by atoms with Gasteiger partial charge in [-0.05, 0) is 56.4 Å². The van der Waals surface area contributed by atoms with Gasteiger partial charge in [0.2, 0.25) is 11.8 Å². The summed E-state index contributed by atoms with van der Waals surface area (Å²) in [4.78, 5) is 46.8. The Morgan fingerprint density at radius 3 is 2.55 bits per heavy atom. The van der Waals surface area contributed by atoms with Gasteiger partial charge < -0.3 is 20.3 Å². The summed E-state index contributed by atoms with van der Waals surface area (Å²) < 4.78 is 5.62.